The van der Waals surface area contributed by atoms with Crippen molar-refractivity contribution in [3.8, 4) is 11.4 Å². The number of rotatable bonds is 7. The Kier molecular flexibility index (Phi) is 6.14. The number of carbonyl (C=O) groups excluding carboxylic acids is 1. The summed E-state index contributed by atoms with van der Waals surface area (Å²) in [5.74, 6) is 0.911. The van der Waals surface area contributed by atoms with Crippen LogP contribution in [0.4, 0.5) is 0 Å². The normalized spacial score (nSPS) is 10.5. The molecule has 0 saturated heterocycles. The van der Waals surface area contributed by atoms with Gasteiger partial charge in [-0.3, -0.25) is 9.36 Å². The van der Waals surface area contributed by atoms with Crippen molar-refractivity contribution in [2.24, 2.45) is 0 Å². The summed E-state index contributed by atoms with van der Waals surface area (Å²) in [6.45, 7) is 0.457. The molecule has 1 N–H and O–H groups in total. The highest BCUT2D eigenvalue weighted by molar-refractivity contribution is 7.99. The fourth-order valence-corrected chi connectivity index (χ4v) is 3.13. The minimum atomic E-state index is -0.0786. The molecular formula is C18H17ClN4O2S. The van der Waals surface area contributed by atoms with Crippen LogP contribution in [0, 0.1) is 0 Å². The SMILES string of the molecule is COc1cccc(-n2cnnc2SCC(=O)NCc2ccc(Cl)cc2)c1. The summed E-state index contributed by atoms with van der Waals surface area (Å²) < 4.78 is 7.06. The van der Waals surface area contributed by atoms with Crippen molar-refractivity contribution in [3.05, 3.63) is 65.4 Å². The highest BCUT2D eigenvalue weighted by atomic mass is 35.5. The van der Waals surface area contributed by atoms with Gasteiger partial charge in [-0.25, -0.2) is 0 Å². The fraction of sp³-hybridized carbons (Fsp3) is 0.167. The number of hydrogen-bond acceptors (Lipinski definition) is 5. The lowest BCUT2D eigenvalue weighted by Gasteiger charge is -2.08. The first-order chi connectivity index (χ1) is 12.7. The first-order valence-electron chi connectivity index (χ1n) is 7.84. The third kappa shape index (κ3) is 4.77. The maximum absolute atomic E-state index is 12.1. The second kappa shape index (κ2) is 8.73. The standard InChI is InChI=1S/C18H17ClN4O2S/c1-25-16-4-2-3-15(9-16)23-12-21-22-18(23)26-11-17(24)20-10-13-5-7-14(19)8-6-13/h2-9,12H,10-11H2,1H3,(H,20,24). The lowest BCUT2D eigenvalue weighted by Crippen LogP contribution is -2.24. The van der Waals surface area contributed by atoms with E-state index in [1.165, 1.54) is 11.8 Å². The van der Waals surface area contributed by atoms with E-state index in [-0.39, 0.29) is 11.7 Å². The molecule has 8 heteroatoms. The van der Waals surface area contributed by atoms with Crippen LogP contribution < -0.4 is 10.1 Å². The molecule has 1 aromatic heterocycles. The van der Waals surface area contributed by atoms with E-state index in [1.807, 2.05) is 41.0 Å². The van der Waals surface area contributed by atoms with E-state index in [2.05, 4.69) is 15.5 Å². The molecule has 1 amide bonds. The van der Waals surface area contributed by atoms with E-state index in [9.17, 15) is 4.79 Å². The predicted molar refractivity (Wildman–Crippen MR) is 102 cm³/mol. The van der Waals surface area contributed by atoms with E-state index in [4.69, 9.17) is 16.3 Å². The number of nitrogens with one attached hydrogen (secondary N) is 1. The molecule has 1 heterocycles. The van der Waals surface area contributed by atoms with Gasteiger partial charge in [0, 0.05) is 17.6 Å². The number of ether oxygens (including phenoxy) is 1. The van der Waals surface area contributed by atoms with Gasteiger partial charge in [-0.05, 0) is 29.8 Å². The molecule has 0 aliphatic heterocycles. The van der Waals surface area contributed by atoms with Crippen molar-refractivity contribution in [2.75, 3.05) is 12.9 Å². The Morgan fingerprint density at radius 3 is 2.85 bits per heavy atom. The predicted octanol–water partition coefficient (Wildman–Crippen LogP) is 3.34. The summed E-state index contributed by atoms with van der Waals surface area (Å²) in [6, 6.07) is 14.9. The van der Waals surface area contributed by atoms with Gasteiger partial charge < -0.3 is 10.1 Å². The molecule has 0 aliphatic rings. The van der Waals surface area contributed by atoms with Crippen LogP contribution in [-0.2, 0) is 11.3 Å². The molecule has 3 aromatic rings. The van der Waals surface area contributed by atoms with Crippen molar-refractivity contribution >= 4 is 29.3 Å². The van der Waals surface area contributed by atoms with Gasteiger partial charge in [-0.2, -0.15) is 0 Å². The molecule has 0 radical (unpaired) electrons. The number of nitrogens with zero attached hydrogens (tertiary/aromatic N) is 3. The number of methoxy groups -OCH3 is 1. The van der Waals surface area contributed by atoms with Crippen LogP contribution in [0.15, 0.2) is 60.0 Å². The maximum Gasteiger partial charge on any atom is 0.230 e. The van der Waals surface area contributed by atoms with Crippen LogP contribution in [0.1, 0.15) is 5.56 Å². The van der Waals surface area contributed by atoms with Crippen molar-refractivity contribution < 1.29 is 9.53 Å². The second-order valence-corrected chi connectivity index (χ2v) is 6.76. The number of carbonyl (C=O) groups is 1. The Hall–Kier alpha value is -2.51. The quantitative estimate of drug-likeness (QED) is 0.629. The molecule has 0 aliphatic carbocycles. The Morgan fingerprint density at radius 2 is 2.08 bits per heavy atom. The Balaban J connectivity index is 1.57. The van der Waals surface area contributed by atoms with Crippen molar-refractivity contribution in [3.63, 3.8) is 0 Å². The summed E-state index contributed by atoms with van der Waals surface area (Å²) >= 11 is 7.17. The lowest BCUT2D eigenvalue weighted by molar-refractivity contribution is -0.118. The topological polar surface area (TPSA) is 69.0 Å². The Morgan fingerprint density at radius 1 is 1.27 bits per heavy atom. The zero-order valence-corrected chi connectivity index (χ0v) is 15.6. The summed E-state index contributed by atoms with van der Waals surface area (Å²) in [5.41, 5.74) is 1.87. The second-order valence-electron chi connectivity index (χ2n) is 5.38. The number of halogens is 1. The van der Waals surface area contributed by atoms with Crippen molar-refractivity contribution in [1.29, 1.82) is 0 Å². The van der Waals surface area contributed by atoms with Crippen LogP contribution >= 0.6 is 23.4 Å². The van der Waals surface area contributed by atoms with Gasteiger partial charge in [-0.15, -0.1) is 10.2 Å². The van der Waals surface area contributed by atoms with Gasteiger partial charge in [0.05, 0.1) is 18.6 Å². The summed E-state index contributed by atoms with van der Waals surface area (Å²) in [5, 5.41) is 12.2. The summed E-state index contributed by atoms with van der Waals surface area (Å²) in [7, 11) is 1.62. The minimum absolute atomic E-state index is 0.0786. The van der Waals surface area contributed by atoms with E-state index >= 15 is 0 Å². The molecule has 3 rings (SSSR count). The molecule has 0 fully saturated rings. The molecule has 134 valence electrons. The number of hydrogen-bond donors (Lipinski definition) is 1. The van der Waals surface area contributed by atoms with Crippen LogP contribution in [-0.4, -0.2) is 33.5 Å². The third-order valence-electron chi connectivity index (χ3n) is 3.58. The Labute approximate surface area is 160 Å². The van der Waals surface area contributed by atoms with Crippen LogP contribution in [0.5, 0.6) is 5.75 Å². The molecular weight excluding hydrogens is 372 g/mol. The zero-order valence-electron chi connectivity index (χ0n) is 14.1. The van der Waals surface area contributed by atoms with Gasteiger partial charge in [0.1, 0.15) is 12.1 Å². The van der Waals surface area contributed by atoms with Gasteiger partial charge >= 0.3 is 0 Å². The minimum Gasteiger partial charge on any atom is -0.497 e. The molecule has 2 aromatic carbocycles. The van der Waals surface area contributed by atoms with Crippen LogP contribution in [0.25, 0.3) is 5.69 Å². The highest BCUT2D eigenvalue weighted by Gasteiger charge is 2.10. The number of benzene rings is 2. The number of thioether (sulfide) groups is 1. The van der Waals surface area contributed by atoms with Gasteiger partial charge in [0.15, 0.2) is 5.16 Å². The van der Waals surface area contributed by atoms with E-state index in [0.717, 1.165) is 17.0 Å². The van der Waals surface area contributed by atoms with Crippen molar-refractivity contribution in [1.82, 2.24) is 20.1 Å². The molecule has 0 atom stereocenters. The van der Waals surface area contributed by atoms with Crippen LogP contribution in [0.3, 0.4) is 0 Å². The fourth-order valence-electron chi connectivity index (χ4n) is 2.24. The molecule has 0 spiro atoms. The van der Waals surface area contributed by atoms with E-state index < -0.39 is 0 Å². The number of amides is 1. The van der Waals surface area contributed by atoms with E-state index in [0.29, 0.717) is 16.7 Å². The average molecular weight is 389 g/mol. The monoisotopic (exact) mass is 388 g/mol. The highest BCUT2D eigenvalue weighted by Crippen LogP contribution is 2.22. The first kappa shape index (κ1) is 18.3. The zero-order chi connectivity index (χ0) is 18.4. The van der Waals surface area contributed by atoms with E-state index in [1.54, 1.807) is 25.6 Å². The molecule has 26 heavy (non-hydrogen) atoms. The first-order valence-corrected chi connectivity index (χ1v) is 9.20. The van der Waals surface area contributed by atoms with Gasteiger partial charge in [0.2, 0.25) is 5.91 Å². The summed E-state index contributed by atoms with van der Waals surface area (Å²) in [4.78, 5) is 12.1. The molecule has 6 nitrogen and oxygen atoms in total. The van der Waals surface area contributed by atoms with Crippen LogP contribution in [0.2, 0.25) is 5.02 Å². The molecule has 0 bridgehead atoms. The number of aromatic nitrogens is 3. The third-order valence-corrected chi connectivity index (χ3v) is 4.78. The van der Waals surface area contributed by atoms with Gasteiger partial charge in [0.25, 0.3) is 0 Å². The lowest BCUT2D eigenvalue weighted by atomic mass is 10.2. The Bertz CT molecular complexity index is 883. The summed E-state index contributed by atoms with van der Waals surface area (Å²) in [6.07, 6.45) is 1.61. The van der Waals surface area contributed by atoms with Crippen molar-refractivity contribution in [2.45, 2.75) is 11.7 Å². The van der Waals surface area contributed by atoms with Gasteiger partial charge in [-0.1, -0.05) is 41.6 Å². The molecule has 0 unspecified atom stereocenters. The maximum atomic E-state index is 12.1. The smallest absolute Gasteiger partial charge is 0.230 e. The molecule has 0 saturated carbocycles. The largest absolute Gasteiger partial charge is 0.497 e. The average Bonchev–Trinajstić information content (AvgIpc) is 3.14.